The smallest absolute Gasteiger partial charge is 0.462 e. The molecular formula is C50H87NO9P+. The summed E-state index contributed by atoms with van der Waals surface area (Å²) in [6.07, 6.45) is 49.6. The van der Waals surface area contributed by atoms with Crippen molar-refractivity contribution in [3.8, 4) is 0 Å². The van der Waals surface area contributed by atoms with E-state index < -0.39 is 38.6 Å². The summed E-state index contributed by atoms with van der Waals surface area (Å²) >= 11 is 0. The molecule has 0 radical (unpaired) electrons. The second-order valence-electron chi connectivity index (χ2n) is 16.6. The molecule has 0 amide bonds. The highest BCUT2D eigenvalue weighted by atomic mass is 31.2. The number of unbranched alkanes of at least 4 members (excludes halogenated alkanes) is 13. The normalized spacial score (nSPS) is 14.8. The minimum absolute atomic E-state index is 0.00410. The summed E-state index contributed by atoms with van der Waals surface area (Å²) < 4.78 is 34.2. The van der Waals surface area contributed by atoms with Crippen molar-refractivity contribution in [2.75, 3.05) is 47.5 Å². The number of carbonyl (C=O) groups is 2. The molecule has 0 saturated carbocycles. The quantitative estimate of drug-likeness (QED) is 0.0154. The molecule has 2 N–H and O–H groups in total. The lowest BCUT2D eigenvalue weighted by Gasteiger charge is -2.24. The van der Waals surface area contributed by atoms with E-state index in [-0.39, 0.29) is 26.1 Å². The summed E-state index contributed by atoms with van der Waals surface area (Å²) in [6.45, 7) is 4.12. The Morgan fingerprint density at radius 3 is 1.80 bits per heavy atom. The number of carbonyl (C=O) groups excluding carboxylic acids is 2. The SMILES string of the molecule is CC/C=C\C/C=C\CC(O)/C=C/C=C\C/C=C\C/C=C\CCC(=O)O[C@H](COC(=O)CCCCCCCCC/C=C\CCCCCCCC)COP(=O)(O)OCC[N+](C)(C)C. The Morgan fingerprint density at radius 1 is 0.607 bits per heavy atom. The molecule has 0 aromatic heterocycles. The van der Waals surface area contributed by atoms with Crippen LogP contribution in [-0.2, 0) is 32.7 Å². The average molecular weight is 877 g/mol. The van der Waals surface area contributed by atoms with Gasteiger partial charge in [-0.3, -0.25) is 18.6 Å². The maximum absolute atomic E-state index is 12.7. The zero-order valence-electron chi connectivity index (χ0n) is 39.0. The van der Waals surface area contributed by atoms with E-state index in [1.54, 1.807) is 6.08 Å². The highest BCUT2D eigenvalue weighted by Gasteiger charge is 2.27. The standard InChI is InChI=1S/C50H86NO9P/c1-6-8-10-12-14-15-16-17-18-19-20-21-22-26-29-33-37-41-49(53)57-45-48(46-59-61(55,56)58-44-43-51(3,4)5)60-50(54)42-38-34-30-27-24-23-25-28-32-36-40-47(52)39-35-31-13-11-9-7-2/h9,11,17-18,23-24,28,30-32,34-36,40,47-48,52H,6-8,10,12-16,19-22,25-27,29,33,37-39,41-46H2,1-5H3/p+1/b11-9-,18-17-,24-23-,32-28-,34-30-,35-31-,40-36+/t47?,48-/m1/s1. The molecule has 61 heavy (non-hydrogen) atoms. The fraction of sp³-hybridized carbons (Fsp3) is 0.680. The van der Waals surface area contributed by atoms with Gasteiger partial charge in [-0.2, -0.15) is 0 Å². The van der Waals surface area contributed by atoms with Crippen molar-refractivity contribution in [1.29, 1.82) is 0 Å². The molecule has 0 aromatic carbocycles. The number of phosphoric acid groups is 1. The number of hydrogen-bond acceptors (Lipinski definition) is 8. The molecule has 3 atom stereocenters. The zero-order chi connectivity index (χ0) is 45.1. The van der Waals surface area contributed by atoms with E-state index >= 15 is 0 Å². The van der Waals surface area contributed by atoms with Gasteiger partial charge in [-0.25, -0.2) is 4.57 Å². The van der Waals surface area contributed by atoms with Gasteiger partial charge in [-0.05, 0) is 70.6 Å². The monoisotopic (exact) mass is 877 g/mol. The molecule has 0 aliphatic heterocycles. The lowest BCUT2D eigenvalue weighted by Crippen LogP contribution is -2.37. The van der Waals surface area contributed by atoms with Crippen molar-refractivity contribution in [2.45, 2.75) is 174 Å². The minimum Gasteiger partial charge on any atom is -0.462 e. The molecule has 0 heterocycles. The molecule has 0 aliphatic carbocycles. The number of phosphoric ester groups is 1. The van der Waals surface area contributed by atoms with Crippen LogP contribution in [0.25, 0.3) is 0 Å². The van der Waals surface area contributed by atoms with Crippen molar-refractivity contribution in [3.63, 3.8) is 0 Å². The first-order valence-corrected chi connectivity index (χ1v) is 24.9. The summed E-state index contributed by atoms with van der Waals surface area (Å²) in [5.41, 5.74) is 0. The number of nitrogens with zero attached hydrogens (tertiary/aromatic N) is 1. The first-order chi connectivity index (χ1) is 29.4. The van der Waals surface area contributed by atoms with Crippen LogP contribution in [0.15, 0.2) is 85.1 Å². The second kappa shape index (κ2) is 41.2. The van der Waals surface area contributed by atoms with Crippen LogP contribution in [0.4, 0.5) is 0 Å². The lowest BCUT2D eigenvalue weighted by molar-refractivity contribution is -0.870. The van der Waals surface area contributed by atoms with Gasteiger partial charge in [0.05, 0.1) is 33.9 Å². The fourth-order valence-corrected chi connectivity index (χ4v) is 6.57. The Kier molecular flexibility index (Phi) is 39.3. The largest absolute Gasteiger partial charge is 0.472 e. The van der Waals surface area contributed by atoms with Gasteiger partial charge in [0.2, 0.25) is 0 Å². The first kappa shape index (κ1) is 58.1. The van der Waals surface area contributed by atoms with Crippen LogP contribution in [0.1, 0.15) is 162 Å². The van der Waals surface area contributed by atoms with Gasteiger partial charge < -0.3 is 24.0 Å². The maximum Gasteiger partial charge on any atom is 0.472 e. The Balaban J connectivity index is 4.52. The summed E-state index contributed by atoms with van der Waals surface area (Å²) in [6, 6.07) is 0. The number of esters is 2. The van der Waals surface area contributed by atoms with E-state index in [2.05, 4.69) is 44.2 Å². The third-order valence-electron chi connectivity index (χ3n) is 9.50. The average Bonchev–Trinajstić information content (AvgIpc) is 3.21. The summed E-state index contributed by atoms with van der Waals surface area (Å²) in [5, 5.41) is 10.0. The number of allylic oxidation sites excluding steroid dienone is 12. The highest BCUT2D eigenvalue weighted by molar-refractivity contribution is 7.47. The molecule has 0 aromatic rings. The number of ether oxygens (including phenoxy) is 2. The van der Waals surface area contributed by atoms with Crippen LogP contribution in [0, 0.1) is 0 Å². The Hall–Kier alpha value is -2.85. The predicted octanol–water partition coefficient (Wildman–Crippen LogP) is 12.5. The van der Waals surface area contributed by atoms with Crippen molar-refractivity contribution >= 4 is 19.8 Å². The van der Waals surface area contributed by atoms with Gasteiger partial charge in [0.25, 0.3) is 0 Å². The van der Waals surface area contributed by atoms with Crippen molar-refractivity contribution < 1.29 is 47.2 Å². The van der Waals surface area contributed by atoms with E-state index in [9.17, 15) is 24.2 Å². The number of aliphatic hydroxyl groups excluding tert-OH is 1. The van der Waals surface area contributed by atoms with Gasteiger partial charge in [0.15, 0.2) is 6.10 Å². The molecule has 0 spiro atoms. The molecule has 10 nitrogen and oxygen atoms in total. The molecular weight excluding hydrogens is 790 g/mol. The zero-order valence-corrected chi connectivity index (χ0v) is 39.9. The fourth-order valence-electron chi connectivity index (χ4n) is 5.82. The third kappa shape index (κ3) is 45.0. The number of quaternary nitrogens is 1. The van der Waals surface area contributed by atoms with Crippen molar-refractivity contribution in [1.82, 2.24) is 0 Å². The van der Waals surface area contributed by atoms with Crippen LogP contribution in [-0.4, -0.2) is 86.1 Å². The summed E-state index contributed by atoms with van der Waals surface area (Å²) in [5.74, 6) is -0.937. The molecule has 0 rings (SSSR count). The highest BCUT2D eigenvalue weighted by Crippen LogP contribution is 2.43. The van der Waals surface area contributed by atoms with Crippen LogP contribution in [0.5, 0.6) is 0 Å². The molecule has 0 bridgehead atoms. The summed E-state index contributed by atoms with van der Waals surface area (Å²) in [7, 11) is 1.38. The Bertz CT molecular complexity index is 1330. The minimum atomic E-state index is -4.42. The van der Waals surface area contributed by atoms with E-state index in [0.29, 0.717) is 36.7 Å². The number of hydrogen-bond donors (Lipinski definition) is 2. The van der Waals surface area contributed by atoms with Crippen molar-refractivity contribution in [2.24, 2.45) is 0 Å². The molecule has 11 heteroatoms. The lowest BCUT2D eigenvalue weighted by atomic mass is 10.1. The van der Waals surface area contributed by atoms with E-state index in [1.165, 1.54) is 64.2 Å². The second-order valence-corrected chi connectivity index (χ2v) is 18.1. The van der Waals surface area contributed by atoms with Gasteiger partial charge in [0.1, 0.15) is 19.8 Å². The van der Waals surface area contributed by atoms with Gasteiger partial charge >= 0.3 is 19.8 Å². The molecule has 0 saturated heterocycles. The first-order valence-electron chi connectivity index (χ1n) is 23.4. The maximum atomic E-state index is 12.7. The van der Waals surface area contributed by atoms with Crippen LogP contribution < -0.4 is 0 Å². The van der Waals surface area contributed by atoms with Gasteiger partial charge in [0, 0.05) is 12.8 Å². The van der Waals surface area contributed by atoms with Crippen LogP contribution in [0.3, 0.4) is 0 Å². The van der Waals surface area contributed by atoms with Gasteiger partial charge in [-0.15, -0.1) is 0 Å². The number of aliphatic hydroxyl groups is 1. The third-order valence-corrected chi connectivity index (χ3v) is 10.5. The van der Waals surface area contributed by atoms with E-state index in [0.717, 1.165) is 44.9 Å². The van der Waals surface area contributed by atoms with Gasteiger partial charge in [-0.1, -0.05) is 163 Å². The molecule has 2 unspecified atom stereocenters. The Labute approximate surface area is 372 Å². The topological polar surface area (TPSA) is 129 Å². The number of likely N-dealkylation sites (N-methyl/N-ethyl adjacent to an activating group) is 1. The van der Waals surface area contributed by atoms with Crippen LogP contribution >= 0.6 is 7.82 Å². The summed E-state index contributed by atoms with van der Waals surface area (Å²) in [4.78, 5) is 35.4. The van der Waals surface area contributed by atoms with Crippen LogP contribution in [0.2, 0.25) is 0 Å². The molecule has 350 valence electrons. The van der Waals surface area contributed by atoms with Crippen molar-refractivity contribution in [3.05, 3.63) is 85.1 Å². The molecule has 0 fully saturated rings. The molecule has 0 aliphatic rings. The Morgan fingerprint density at radius 2 is 1.16 bits per heavy atom. The van der Waals surface area contributed by atoms with E-state index in [4.69, 9.17) is 18.5 Å². The predicted molar refractivity (Wildman–Crippen MR) is 253 cm³/mol. The number of rotatable bonds is 41. The van der Waals surface area contributed by atoms with E-state index in [1.807, 2.05) is 69.8 Å².